The Hall–Kier alpha value is -0.830. The van der Waals surface area contributed by atoms with Gasteiger partial charge in [0.05, 0.1) is 5.75 Å². The van der Waals surface area contributed by atoms with Crippen molar-refractivity contribution in [1.29, 1.82) is 0 Å². The van der Waals surface area contributed by atoms with E-state index in [9.17, 15) is 9.18 Å². The van der Waals surface area contributed by atoms with Crippen LogP contribution in [0.5, 0.6) is 0 Å². The number of rotatable bonds is 3. The minimum atomic E-state index is -0.310. The summed E-state index contributed by atoms with van der Waals surface area (Å²) in [6, 6.07) is 5.61. The molecule has 0 fully saturated rings. The fourth-order valence-electron chi connectivity index (χ4n) is 0.850. The average molecular weight is 184 g/mol. The second-order valence-electron chi connectivity index (χ2n) is 2.36. The van der Waals surface area contributed by atoms with Crippen LogP contribution < -0.4 is 0 Å². The minimum Gasteiger partial charge on any atom is -0.293 e. The number of ketones is 1. The SMILES string of the molecule is CSCC(=O)c1ccc(F)cc1. The Morgan fingerprint density at radius 1 is 1.42 bits per heavy atom. The summed E-state index contributed by atoms with van der Waals surface area (Å²) in [7, 11) is 0. The van der Waals surface area contributed by atoms with Crippen molar-refractivity contribution >= 4 is 17.5 Å². The molecule has 0 atom stereocenters. The Labute approximate surface area is 75.0 Å². The number of carbonyl (C=O) groups excluding carboxylic acids is 1. The fourth-order valence-corrected chi connectivity index (χ4v) is 1.28. The van der Waals surface area contributed by atoms with Crippen LogP contribution in [0.2, 0.25) is 0 Å². The van der Waals surface area contributed by atoms with E-state index in [1.807, 2.05) is 6.26 Å². The molecule has 12 heavy (non-hydrogen) atoms. The lowest BCUT2D eigenvalue weighted by Gasteiger charge is -1.97. The molecule has 0 spiro atoms. The van der Waals surface area contributed by atoms with E-state index in [4.69, 9.17) is 0 Å². The highest BCUT2D eigenvalue weighted by Crippen LogP contribution is 2.06. The molecule has 0 saturated heterocycles. The van der Waals surface area contributed by atoms with E-state index in [1.54, 1.807) is 0 Å². The molecular weight excluding hydrogens is 175 g/mol. The lowest BCUT2D eigenvalue weighted by molar-refractivity contribution is 0.102. The summed E-state index contributed by atoms with van der Waals surface area (Å²) in [5, 5.41) is 0. The van der Waals surface area contributed by atoms with E-state index in [0.717, 1.165) is 0 Å². The third-order valence-electron chi connectivity index (χ3n) is 1.44. The van der Waals surface area contributed by atoms with Crippen molar-refractivity contribution in [1.82, 2.24) is 0 Å². The van der Waals surface area contributed by atoms with E-state index in [0.29, 0.717) is 11.3 Å². The third kappa shape index (κ3) is 2.34. The van der Waals surface area contributed by atoms with E-state index >= 15 is 0 Å². The summed E-state index contributed by atoms with van der Waals surface area (Å²) in [6.07, 6.45) is 1.86. The zero-order chi connectivity index (χ0) is 8.97. The Kier molecular flexibility index (Phi) is 3.29. The van der Waals surface area contributed by atoms with Crippen molar-refractivity contribution < 1.29 is 9.18 Å². The molecule has 0 aliphatic carbocycles. The van der Waals surface area contributed by atoms with Gasteiger partial charge < -0.3 is 0 Å². The van der Waals surface area contributed by atoms with Crippen molar-refractivity contribution in [3.63, 3.8) is 0 Å². The van der Waals surface area contributed by atoms with Gasteiger partial charge in [0.15, 0.2) is 5.78 Å². The van der Waals surface area contributed by atoms with Crippen molar-refractivity contribution in [3.05, 3.63) is 35.6 Å². The van der Waals surface area contributed by atoms with Crippen LogP contribution >= 0.6 is 11.8 Å². The van der Waals surface area contributed by atoms with Crippen LogP contribution in [-0.2, 0) is 0 Å². The molecule has 0 radical (unpaired) electrons. The zero-order valence-electron chi connectivity index (χ0n) is 6.71. The Bertz CT molecular complexity index is 268. The molecule has 0 heterocycles. The lowest BCUT2D eigenvalue weighted by atomic mass is 10.1. The normalized spacial score (nSPS) is 9.83. The van der Waals surface area contributed by atoms with Crippen molar-refractivity contribution in [3.8, 4) is 0 Å². The molecule has 0 aliphatic heterocycles. The van der Waals surface area contributed by atoms with Gasteiger partial charge >= 0.3 is 0 Å². The standard InChI is InChI=1S/C9H9FOS/c1-12-6-9(11)7-2-4-8(10)5-3-7/h2-5H,6H2,1H3. The molecule has 0 amide bonds. The predicted octanol–water partition coefficient (Wildman–Crippen LogP) is 2.37. The number of Topliss-reactive ketones (excluding diaryl/α,β-unsaturated/α-hetero) is 1. The monoisotopic (exact) mass is 184 g/mol. The second-order valence-corrected chi connectivity index (χ2v) is 3.23. The Balaban J connectivity index is 2.75. The van der Waals surface area contributed by atoms with Gasteiger partial charge in [-0.05, 0) is 30.5 Å². The summed E-state index contributed by atoms with van der Waals surface area (Å²) in [4.78, 5) is 11.2. The lowest BCUT2D eigenvalue weighted by Crippen LogP contribution is -2.01. The summed E-state index contributed by atoms with van der Waals surface area (Å²) in [5.41, 5.74) is 0.575. The number of hydrogen-bond donors (Lipinski definition) is 0. The van der Waals surface area contributed by atoms with E-state index in [2.05, 4.69) is 0 Å². The van der Waals surface area contributed by atoms with Crippen molar-refractivity contribution in [2.45, 2.75) is 0 Å². The van der Waals surface area contributed by atoms with Gasteiger partial charge in [0.25, 0.3) is 0 Å². The molecule has 0 N–H and O–H groups in total. The fraction of sp³-hybridized carbons (Fsp3) is 0.222. The Morgan fingerprint density at radius 2 is 2.00 bits per heavy atom. The van der Waals surface area contributed by atoms with Gasteiger partial charge in [-0.2, -0.15) is 11.8 Å². The molecule has 0 bridgehead atoms. The van der Waals surface area contributed by atoms with Gasteiger partial charge in [0.2, 0.25) is 0 Å². The molecule has 0 aromatic heterocycles. The van der Waals surface area contributed by atoms with Crippen LogP contribution in [0.3, 0.4) is 0 Å². The highest BCUT2D eigenvalue weighted by molar-refractivity contribution is 7.99. The maximum absolute atomic E-state index is 12.4. The van der Waals surface area contributed by atoms with E-state index in [1.165, 1.54) is 36.0 Å². The quantitative estimate of drug-likeness (QED) is 0.671. The molecule has 64 valence electrons. The number of hydrogen-bond acceptors (Lipinski definition) is 2. The molecule has 1 aromatic carbocycles. The van der Waals surface area contributed by atoms with Crippen LogP contribution in [-0.4, -0.2) is 17.8 Å². The largest absolute Gasteiger partial charge is 0.293 e. The van der Waals surface area contributed by atoms with Crippen LogP contribution in [0, 0.1) is 5.82 Å². The van der Waals surface area contributed by atoms with Gasteiger partial charge in [-0.3, -0.25) is 4.79 Å². The van der Waals surface area contributed by atoms with E-state index < -0.39 is 0 Å². The topological polar surface area (TPSA) is 17.1 Å². The smallest absolute Gasteiger partial charge is 0.172 e. The van der Waals surface area contributed by atoms with Crippen LogP contribution in [0.1, 0.15) is 10.4 Å². The minimum absolute atomic E-state index is 0.0440. The molecule has 0 unspecified atom stereocenters. The maximum atomic E-state index is 12.4. The molecule has 0 saturated carbocycles. The number of carbonyl (C=O) groups is 1. The van der Waals surface area contributed by atoms with Gasteiger partial charge in [-0.15, -0.1) is 0 Å². The summed E-state index contributed by atoms with van der Waals surface area (Å²) in [5.74, 6) is 0.184. The van der Waals surface area contributed by atoms with Gasteiger partial charge in [-0.25, -0.2) is 4.39 Å². The van der Waals surface area contributed by atoms with E-state index in [-0.39, 0.29) is 11.6 Å². The van der Waals surface area contributed by atoms with Gasteiger partial charge in [0, 0.05) is 5.56 Å². The molecule has 1 nitrogen and oxygen atoms in total. The van der Waals surface area contributed by atoms with Gasteiger partial charge in [-0.1, -0.05) is 0 Å². The predicted molar refractivity (Wildman–Crippen MR) is 49.1 cm³/mol. The van der Waals surface area contributed by atoms with Gasteiger partial charge in [0.1, 0.15) is 5.82 Å². The second kappa shape index (κ2) is 4.26. The molecule has 0 aliphatic rings. The van der Waals surface area contributed by atoms with Crippen LogP contribution in [0.25, 0.3) is 0 Å². The van der Waals surface area contributed by atoms with Crippen LogP contribution in [0.4, 0.5) is 4.39 Å². The third-order valence-corrected chi connectivity index (χ3v) is 1.99. The first-order valence-corrected chi connectivity index (χ1v) is 4.91. The first-order chi connectivity index (χ1) is 5.74. The highest BCUT2D eigenvalue weighted by atomic mass is 32.2. The number of halogens is 1. The molecule has 1 aromatic rings. The summed E-state index contributed by atoms with van der Waals surface area (Å²) in [6.45, 7) is 0. The number of benzene rings is 1. The molecule has 3 heteroatoms. The Morgan fingerprint density at radius 3 is 2.50 bits per heavy atom. The zero-order valence-corrected chi connectivity index (χ0v) is 7.53. The van der Waals surface area contributed by atoms with Crippen LogP contribution in [0.15, 0.2) is 24.3 Å². The van der Waals surface area contributed by atoms with Crippen molar-refractivity contribution in [2.24, 2.45) is 0 Å². The first-order valence-electron chi connectivity index (χ1n) is 3.51. The molecular formula is C9H9FOS. The first kappa shape index (κ1) is 9.26. The molecule has 1 rings (SSSR count). The average Bonchev–Trinajstić information content (AvgIpc) is 2.06. The summed E-state index contributed by atoms with van der Waals surface area (Å²) < 4.78 is 12.4. The van der Waals surface area contributed by atoms with Crippen molar-refractivity contribution in [2.75, 3.05) is 12.0 Å². The number of thioether (sulfide) groups is 1. The maximum Gasteiger partial charge on any atom is 0.172 e. The highest BCUT2D eigenvalue weighted by Gasteiger charge is 2.03. The summed E-state index contributed by atoms with van der Waals surface area (Å²) >= 11 is 1.47.